The fraction of sp³-hybridized carbons (Fsp3) is 0.417. The highest BCUT2D eigenvalue weighted by Gasteiger charge is 2.33. The molecule has 0 aromatic heterocycles. The van der Waals surface area contributed by atoms with Gasteiger partial charge in [0.25, 0.3) is 0 Å². The molecule has 0 bridgehead atoms. The van der Waals surface area contributed by atoms with Crippen molar-refractivity contribution in [2.24, 2.45) is 0 Å². The molecule has 1 aromatic carbocycles. The third kappa shape index (κ3) is 2.70. The van der Waals surface area contributed by atoms with Crippen LogP contribution in [0.1, 0.15) is 12.8 Å². The third-order valence-electron chi connectivity index (χ3n) is 2.61. The lowest BCUT2D eigenvalue weighted by atomic mass is 10.0. The first-order valence-electron chi connectivity index (χ1n) is 5.18. The molecule has 1 aliphatic rings. The van der Waals surface area contributed by atoms with Crippen LogP contribution < -0.4 is 0 Å². The summed E-state index contributed by atoms with van der Waals surface area (Å²) in [6, 6.07) is 10.1. The zero-order valence-electron chi connectivity index (χ0n) is 8.78. The number of ether oxygens (including phenoxy) is 1. The highest BCUT2D eigenvalue weighted by atomic mass is 35.5. The van der Waals surface area contributed by atoms with Crippen molar-refractivity contribution in [2.75, 3.05) is 13.2 Å². The highest BCUT2D eigenvalue weighted by molar-refractivity contribution is 8.01. The van der Waals surface area contributed by atoms with Gasteiger partial charge in [0, 0.05) is 23.1 Å². The van der Waals surface area contributed by atoms with Crippen molar-refractivity contribution in [3.63, 3.8) is 0 Å². The Morgan fingerprint density at radius 3 is 2.75 bits per heavy atom. The first-order chi connectivity index (χ1) is 7.74. The molecule has 0 atom stereocenters. The topological polar surface area (TPSA) is 33.0 Å². The first kappa shape index (κ1) is 11.8. The molecule has 84 valence electrons. The van der Waals surface area contributed by atoms with Crippen molar-refractivity contribution in [3.05, 3.63) is 29.3 Å². The summed E-state index contributed by atoms with van der Waals surface area (Å²) in [6.07, 6.45) is 1.56. The van der Waals surface area contributed by atoms with E-state index in [0.29, 0.717) is 18.2 Å². The normalized spacial score (nSPS) is 19.0. The van der Waals surface area contributed by atoms with E-state index in [1.54, 1.807) is 11.8 Å². The van der Waals surface area contributed by atoms with E-state index >= 15 is 0 Å². The van der Waals surface area contributed by atoms with Crippen molar-refractivity contribution in [3.8, 4) is 6.07 Å². The van der Waals surface area contributed by atoms with Crippen LogP contribution in [0.3, 0.4) is 0 Å². The number of benzene rings is 1. The minimum atomic E-state index is -0.344. The van der Waals surface area contributed by atoms with E-state index in [1.807, 2.05) is 24.3 Å². The fourth-order valence-corrected chi connectivity index (χ4v) is 3.15. The summed E-state index contributed by atoms with van der Waals surface area (Å²) < 4.78 is 4.95. The van der Waals surface area contributed by atoms with Gasteiger partial charge in [-0.3, -0.25) is 0 Å². The van der Waals surface area contributed by atoms with Gasteiger partial charge in [0.2, 0.25) is 0 Å². The monoisotopic (exact) mass is 253 g/mol. The number of nitrogens with zero attached hydrogens (tertiary/aromatic N) is 1. The van der Waals surface area contributed by atoms with Crippen LogP contribution in [-0.4, -0.2) is 18.0 Å². The Bertz CT molecular complexity index is 410. The molecule has 0 radical (unpaired) electrons. The maximum absolute atomic E-state index is 9.31. The lowest BCUT2D eigenvalue weighted by Gasteiger charge is -2.29. The van der Waals surface area contributed by atoms with Gasteiger partial charge < -0.3 is 4.74 Å². The molecule has 1 saturated heterocycles. The SMILES string of the molecule is N#CC1(Sc2cccc(Cl)c2)CCOCC1. The predicted octanol–water partition coefficient (Wildman–Crippen LogP) is 3.50. The number of rotatable bonds is 2. The van der Waals surface area contributed by atoms with Crippen molar-refractivity contribution < 1.29 is 4.74 Å². The molecule has 1 aliphatic heterocycles. The van der Waals surface area contributed by atoms with Crippen molar-refractivity contribution in [1.29, 1.82) is 5.26 Å². The fourth-order valence-electron chi connectivity index (χ4n) is 1.69. The average Bonchev–Trinajstić information content (AvgIpc) is 2.30. The van der Waals surface area contributed by atoms with E-state index in [2.05, 4.69) is 6.07 Å². The lowest BCUT2D eigenvalue weighted by molar-refractivity contribution is 0.0886. The summed E-state index contributed by atoms with van der Waals surface area (Å²) in [5.74, 6) is 0. The summed E-state index contributed by atoms with van der Waals surface area (Å²) in [5, 5.41) is 10.0. The summed E-state index contributed by atoms with van der Waals surface area (Å²) in [4.78, 5) is 1.05. The first-order valence-corrected chi connectivity index (χ1v) is 6.37. The van der Waals surface area contributed by atoms with E-state index in [1.165, 1.54) is 0 Å². The van der Waals surface area contributed by atoms with Crippen LogP contribution in [0.15, 0.2) is 29.2 Å². The minimum Gasteiger partial charge on any atom is -0.381 e. The van der Waals surface area contributed by atoms with Crippen LogP contribution in [0.2, 0.25) is 5.02 Å². The van der Waals surface area contributed by atoms with E-state index in [4.69, 9.17) is 16.3 Å². The molecule has 0 N–H and O–H groups in total. The molecule has 0 spiro atoms. The molecular weight excluding hydrogens is 242 g/mol. The van der Waals surface area contributed by atoms with Crippen molar-refractivity contribution in [1.82, 2.24) is 0 Å². The minimum absolute atomic E-state index is 0.344. The van der Waals surface area contributed by atoms with Gasteiger partial charge >= 0.3 is 0 Å². The Morgan fingerprint density at radius 2 is 2.12 bits per heavy atom. The van der Waals surface area contributed by atoms with Crippen LogP contribution >= 0.6 is 23.4 Å². The van der Waals surface area contributed by atoms with Gasteiger partial charge in [-0.05, 0) is 31.0 Å². The van der Waals surface area contributed by atoms with Gasteiger partial charge in [-0.15, -0.1) is 11.8 Å². The van der Waals surface area contributed by atoms with Crippen molar-refractivity contribution >= 4 is 23.4 Å². The standard InChI is InChI=1S/C12H12ClNOS/c13-10-2-1-3-11(8-10)16-12(9-14)4-6-15-7-5-12/h1-3,8H,4-7H2. The lowest BCUT2D eigenvalue weighted by Crippen LogP contribution is -2.31. The van der Waals surface area contributed by atoms with Crippen molar-refractivity contribution in [2.45, 2.75) is 22.5 Å². The molecule has 2 nitrogen and oxygen atoms in total. The Morgan fingerprint density at radius 1 is 1.38 bits per heavy atom. The Balaban J connectivity index is 2.15. The molecule has 0 saturated carbocycles. The highest BCUT2D eigenvalue weighted by Crippen LogP contribution is 2.40. The van der Waals surface area contributed by atoms with Crippen LogP contribution in [0.4, 0.5) is 0 Å². The van der Waals surface area contributed by atoms with Gasteiger partial charge in [0.05, 0.1) is 6.07 Å². The van der Waals surface area contributed by atoms with Crippen LogP contribution in [-0.2, 0) is 4.74 Å². The molecule has 0 unspecified atom stereocenters. The van der Waals surface area contributed by atoms with Crippen LogP contribution in [0.5, 0.6) is 0 Å². The second-order valence-electron chi connectivity index (χ2n) is 3.78. The Hall–Kier alpha value is -0.690. The average molecular weight is 254 g/mol. The second kappa shape index (κ2) is 5.09. The number of thioether (sulfide) groups is 1. The summed E-state index contributed by atoms with van der Waals surface area (Å²) >= 11 is 7.53. The largest absolute Gasteiger partial charge is 0.381 e. The van der Waals surface area contributed by atoms with E-state index < -0.39 is 0 Å². The summed E-state index contributed by atoms with van der Waals surface area (Å²) in [5.41, 5.74) is 0. The second-order valence-corrected chi connectivity index (χ2v) is 5.67. The number of hydrogen-bond donors (Lipinski definition) is 0. The summed E-state index contributed by atoms with van der Waals surface area (Å²) in [6.45, 7) is 1.34. The predicted molar refractivity (Wildman–Crippen MR) is 65.7 cm³/mol. The Labute approximate surface area is 105 Å². The van der Waals surface area contributed by atoms with Crippen LogP contribution in [0.25, 0.3) is 0 Å². The maximum Gasteiger partial charge on any atom is 0.111 e. The molecule has 1 aromatic rings. The molecule has 1 heterocycles. The van der Waals surface area contributed by atoms with Crippen LogP contribution in [0, 0.1) is 11.3 Å². The number of halogens is 1. The maximum atomic E-state index is 9.31. The number of nitriles is 1. The van der Waals surface area contributed by atoms with Gasteiger partial charge in [-0.2, -0.15) is 5.26 Å². The summed E-state index contributed by atoms with van der Waals surface area (Å²) in [7, 11) is 0. The van der Waals surface area contributed by atoms with Gasteiger partial charge in [0.1, 0.15) is 4.75 Å². The van der Waals surface area contributed by atoms with E-state index in [0.717, 1.165) is 17.7 Å². The smallest absolute Gasteiger partial charge is 0.111 e. The molecule has 0 amide bonds. The molecule has 16 heavy (non-hydrogen) atoms. The van der Waals surface area contributed by atoms with Gasteiger partial charge in [0.15, 0.2) is 0 Å². The van der Waals surface area contributed by atoms with Gasteiger partial charge in [-0.25, -0.2) is 0 Å². The molecule has 4 heteroatoms. The molecule has 1 fully saturated rings. The zero-order chi connectivity index (χ0) is 11.4. The quantitative estimate of drug-likeness (QED) is 0.809. The molecular formula is C12H12ClNOS. The molecule has 2 rings (SSSR count). The third-order valence-corrected chi connectivity index (χ3v) is 4.23. The zero-order valence-corrected chi connectivity index (χ0v) is 10.4. The number of hydrogen-bond acceptors (Lipinski definition) is 3. The van der Waals surface area contributed by atoms with E-state index in [-0.39, 0.29) is 4.75 Å². The van der Waals surface area contributed by atoms with Gasteiger partial charge in [-0.1, -0.05) is 17.7 Å². The molecule has 0 aliphatic carbocycles. The Kier molecular flexibility index (Phi) is 3.75. The van der Waals surface area contributed by atoms with E-state index in [9.17, 15) is 5.26 Å².